The Bertz CT molecular complexity index is 542. The van der Waals surface area contributed by atoms with Crippen LogP contribution in [0.2, 0.25) is 0 Å². The minimum absolute atomic E-state index is 0.0326. The second-order valence-electron chi connectivity index (χ2n) is 5.25. The molecule has 7 heteroatoms. The van der Waals surface area contributed by atoms with E-state index in [1.165, 1.54) is 11.3 Å². The van der Waals surface area contributed by atoms with E-state index in [0.717, 1.165) is 24.1 Å². The Hall–Kier alpha value is -0.470. The highest BCUT2D eigenvalue weighted by molar-refractivity contribution is 7.91. The van der Waals surface area contributed by atoms with Crippen molar-refractivity contribution < 1.29 is 13.2 Å². The number of piperidine rings is 1. The van der Waals surface area contributed by atoms with Gasteiger partial charge in [-0.1, -0.05) is 6.92 Å². The molecule has 120 valence electrons. The molecule has 0 saturated carbocycles. The second-order valence-corrected chi connectivity index (χ2v) is 8.58. The van der Waals surface area contributed by atoms with Crippen molar-refractivity contribution in [1.82, 2.24) is 9.62 Å². The quantitative estimate of drug-likeness (QED) is 0.830. The average molecular weight is 332 g/mol. The molecule has 0 aliphatic carbocycles. The van der Waals surface area contributed by atoms with Crippen molar-refractivity contribution in [1.29, 1.82) is 0 Å². The fraction of sp³-hybridized carbons (Fsp3) is 0.714. The molecule has 0 aromatic carbocycles. The Balaban J connectivity index is 2.06. The molecule has 5 nitrogen and oxygen atoms in total. The fourth-order valence-corrected chi connectivity index (χ4v) is 5.47. The van der Waals surface area contributed by atoms with Gasteiger partial charge >= 0.3 is 0 Å². The Morgan fingerprint density at radius 1 is 1.48 bits per heavy atom. The van der Waals surface area contributed by atoms with Gasteiger partial charge in [-0.15, -0.1) is 11.3 Å². The topological polar surface area (TPSA) is 58.6 Å². The lowest BCUT2D eigenvalue weighted by molar-refractivity contribution is 0.0194. The Morgan fingerprint density at radius 3 is 3.00 bits per heavy atom. The van der Waals surface area contributed by atoms with Gasteiger partial charge in [0, 0.05) is 31.1 Å². The molecule has 0 radical (unpaired) electrons. The van der Waals surface area contributed by atoms with Crippen LogP contribution in [-0.4, -0.2) is 45.6 Å². The van der Waals surface area contributed by atoms with Gasteiger partial charge in [-0.25, -0.2) is 8.42 Å². The molecule has 2 heterocycles. The zero-order valence-corrected chi connectivity index (χ0v) is 14.3. The van der Waals surface area contributed by atoms with Crippen LogP contribution in [0, 0.1) is 0 Å². The predicted molar refractivity (Wildman–Crippen MR) is 85.1 cm³/mol. The summed E-state index contributed by atoms with van der Waals surface area (Å²) in [6.45, 7) is 4.52. The molecule has 2 rings (SSSR count). The first kappa shape index (κ1) is 16.9. The summed E-state index contributed by atoms with van der Waals surface area (Å²) >= 11 is 1.34. The molecule has 1 aliphatic rings. The van der Waals surface area contributed by atoms with E-state index in [1.807, 2.05) is 13.1 Å². The van der Waals surface area contributed by atoms with Gasteiger partial charge in [0.05, 0.1) is 6.10 Å². The smallest absolute Gasteiger partial charge is 0.252 e. The van der Waals surface area contributed by atoms with Crippen LogP contribution in [0.4, 0.5) is 0 Å². The molecule has 1 aromatic rings. The average Bonchev–Trinajstić information content (AvgIpc) is 2.95. The monoisotopic (exact) mass is 332 g/mol. The van der Waals surface area contributed by atoms with Gasteiger partial charge in [0.2, 0.25) is 0 Å². The maximum atomic E-state index is 12.7. The summed E-state index contributed by atoms with van der Waals surface area (Å²) < 4.78 is 33.1. The molecule has 21 heavy (non-hydrogen) atoms. The zero-order chi connectivity index (χ0) is 15.3. The summed E-state index contributed by atoms with van der Waals surface area (Å²) in [6, 6.07) is 3.59. The lowest BCUT2D eigenvalue weighted by Gasteiger charge is -2.31. The minimum atomic E-state index is -3.37. The standard InChI is InChI=1S/C14H24N2O3S2/c1-3-9-19-12-5-4-8-16(11-12)21(17,18)14-7-6-13(20-14)10-15-2/h6-7,12,15H,3-5,8-11H2,1-2H3. The number of sulfonamides is 1. The molecule has 1 N–H and O–H groups in total. The predicted octanol–water partition coefficient (Wildman–Crippen LogP) is 2.05. The van der Waals surface area contributed by atoms with Gasteiger partial charge < -0.3 is 10.1 Å². The number of hydrogen-bond donors (Lipinski definition) is 1. The molecule has 1 unspecified atom stereocenters. The fourth-order valence-electron chi connectivity index (χ4n) is 2.44. The minimum Gasteiger partial charge on any atom is -0.377 e. The summed E-state index contributed by atoms with van der Waals surface area (Å²) in [6.07, 6.45) is 2.80. The van der Waals surface area contributed by atoms with Gasteiger partial charge in [0.25, 0.3) is 10.0 Å². The molecule has 0 bridgehead atoms. The highest BCUT2D eigenvalue weighted by atomic mass is 32.2. The summed E-state index contributed by atoms with van der Waals surface area (Å²) in [7, 11) is -1.52. The lowest BCUT2D eigenvalue weighted by atomic mass is 10.1. The first-order valence-electron chi connectivity index (χ1n) is 7.43. The number of thiophene rings is 1. The van der Waals surface area contributed by atoms with E-state index >= 15 is 0 Å². The van der Waals surface area contributed by atoms with Crippen molar-refractivity contribution in [2.45, 2.75) is 43.0 Å². The molecule has 1 atom stereocenters. The second kappa shape index (κ2) is 7.69. The molecular weight excluding hydrogens is 308 g/mol. The van der Waals surface area contributed by atoms with Gasteiger partial charge in [-0.2, -0.15) is 4.31 Å². The highest BCUT2D eigenvalue weighted by Crippen LogP contribution is 2.27. The van der Waals surface area contributed by atoms with E-state index in [-0.39, 0.29) is 6.10 Å². The first-order chi connectivity index (χ1) is 10.1. The van der Waals surface area contributed by atoms with Crippen molar-refractivity contribution in [3.8, 4) is 0 Å². The number of hydrogen-bond acceptors (Lipinski definition) is 5. The highest BCUT2D eigenvalue weighted by Gasteiger charge is 2.31. The SMILES string of the molecule is CCCOC1CCCN(S(=O)(=O)c2ccc(CNC)s2)C1. The van der Waals surface area contributed by atoms with Crippen LogP contribution in [0.1, 0.15) is 31.1 Å². The van der Waals surface area contributed by atoms with Crippen molar-refractivity contribution in [2.75, 3.05) is 26.7 Å². The molecule has 1 aliphatic heterocycles. The summed E-state index contributed by atoms with van der Waals surface area (Å²) in [5, 5.41) is 3.04. The number of nitrogens with one attached hydrogen (secondary N) is 1. The van der Waals surface area contributed by atoms with Crippen LogP contribution in [0.5, 0.6) is 0 Å². The zero-order valence-electron chi connectivity index (χ0n) is 12.7. The maximum Gasteiger partial charge on any atom is 0.252 e. The van der Waals surface area contributed by atoms with Crippen molar-refractivity contribution >= 4 is 21.4 Å². The van der Waals surface area contributed by atoms with Crippen molar-refractivity contribution in [3.05, 3.63) is 17.0 Å². The third kappa shape index (κ3) is 4.26. The largest absolute Gasteiger partial charge is 0.377 e. The third-order valence-electron chi connectivity index (χ3n) is 3.48. The van der Waals surface area contributed by atoms with Gasteiger partial charge in [-0.3, -0.25) is 0 Å². The number of ether oxygens (including phenoxy) is 1. The lowest BCUT2D eigenvalue weighted by Crippen LogP contribution is -2.43. The Morgan fingerprint density at radius 2 is 2.29 bits per heavy atom. The Labute approximate surface area is 131 Å². The number of nitrogens with zero attached hydrogens (tertiary/aromatic N) is 1. The van der Waals surface area contributed by atoms with Gasteiger partial charge in [0.1, 0.15) is 4.21 Å². The maximum absolute atomic E-state index is 12.7. The summed E-state index contributed by atoms with van der Waals surface area (Å²) in [5.41, 5.74) is 0. The van der Waals surface area contributed by atoms with Gasteiger partial charge in [0.15, 0.2) is 0 Å². The van der Waals surface area contributed by atoms with E-state index in [9.17, 15) is 8.42 Å². The van der Waals surface area contributed by atoms with Crippen molar-refractivity contribution in [2.24, 2.45) is 0 Å². The van der Waals surface area contributed by atoms with E-state index in [4.69, 9.17) is 4.74 Å². The van der Waals surface area contributed by atoms with Crippen LogP contribution < -0.4 is 5.32 Å². The first-order valence-corrected chi connectivity index (χ1v) is 9.68. The normalized spacial score (nSPS) is 20.8. The summed E-state index contributed by atoms with van der Waals surface area (Å²) in [5.74, 6) is 0. The van der Waals surface area contributed by atoms with Crippen LogP contribution in [-0.2, 0) is 21.3 Å². The van der Waals surface area contributed by atoms with Gasteiger partial charge in [-0.05, 0) is 38.4 Å². The molecule has 0 spiro atoms. The van der Waals surface area contributed by atoms with E-state index in [1.54, 1.807) is 10.4 Å². The van der Waals surface area contributed by atoms with E-state index in [0.29, 0.717) is 30.5 Å². The summed E-state index contributed by atoms with van der Waals surface area (Å²) in [4.78, 5) is 1.03. The van der Waals surface area contributed by atoms with E-state index < -0.39 is 10.0 Å². The van der Waals surface area contributed by atoms with E-state index in [2.05, 4.69) is 12.2 Å². The van der Waals surface area contributed by atoms with Crippen LogP contribution in [0.25, 0.3) is 0 Å². The van der Waals surface area contributed by atoms with Crippen molar-refractivity contribution in [3.63, 3.8) is 0 Å². The number of rotatable bonds is 7. The molecule has 1 saturated heterocycles. The van der Waals surface area contributed by atoms with Crippen LogP contribution in [0.15, 0.2) is 16.3 Å². The Kier molecular flexibility index (Phi) is 6.19. The van der Waals surface area contributed by atoms with Crippen LogP contribution in [0.3, 0.4) is 0 Å². The molecular formula is C14H24N2O3S2. The third-order valence-corrected chi connectivity index (χ3v) is 6.90. The molecule has 0 amide bonds. The van der Waals surface area contributed by atoms with Crippen LogP contribution >= 0.6 is 11.3 Å². The molecule has 1 fully saturated rings. The molecule has 1 aromatic heterocycles.